The Morgan fingerprint density at radius 1 is 1.24 bits per heavy atom. The lowest BCUT2D eigenvalue weighted by molar-refractivity contribution is 0.0203. The van der Waals surface area contributed by atoms with Crippen LogP contribution in [-0.4, -0.2) is 57.1 Å². The first-order valence-electron chi connectivity index (χ1n) is 9.90. The zero-order valence-corrected chi connectivity index (χ0v) is 20.7. The normalized spacial score (nSPS) is 16.2. The van der Waals surface area contributed by atoms with E-state index in [-0.39, 0.29) is 30.5 Å². The van der Waals surface area contributed by atoms with Crippen LogP contribution in [0.2, 0.25) is 10.0 Å². The van der Waals surface area contributed by atoms with Gasteiger partial charge < -0.3 is 25.2 Å². The first-order valence-corrected chi connectivity index (χ1v) is 10.7. The molecule has 1 fully saturated rings. The molecule has 0 spiro atoms. The van der Waals surface area contributed by atoms with Crippen LogP contribution in [0.3, 0.4) is 0 Å². The highest BCUT2D eigenvalue weighted by Gasteiger charge is 2.13. The molecule has 0 radical (unpaired) electrons. The zero-order chi connectivity index (χ0) is 20.2. The summed E-state index contributed by atoms with van der Waals surface area (Å²) in [6.07, 6.45) is 2.31. The fourth-order valence-corrected chi connectivity index (χ4v) is 3.48. The van der Waals surface area contributed by atoms with Gasteiger partial charge in [-0.2, -0.15) is 0 Å². The number of aliphatic imine (C=N–C) groups is 1. The fraction of sp³-hybridized carbons (Fsp3) is 0.650. The van der Waals surface area contributed by atoms with Crippen molar-refractivity contribution < 1.29 is 14.6 Å². The summed E-state index contributed by atoms with van der Waals surface area (Å²) in [7, 11) is 0. The Balaban J connectivity index is 0.00000420. The topological polar surface area (TPSA) is 75.1 Å². The van der Waals surface area contributed by atoms with Gasteiger partial charge in [0.1, 0.15) is 0 Å². The van der Waals surface area contributed by atoms with Crippen molar-refractivity contribution in [2.45, 2.75) is 32.3 Å². The molecule has 1 aromatic carbocycles. The van der Waals surface area contributed by atoms with Crippen LogP contribution in [0, 0.1) is 5.92 Å². The summed E-state index contributed by atoms with van der Waals surface area (Å²) in [4.78, 5) is 4.44. The molecule has 1 aliphatic heterocycles. The summed E-state index contributed by atoms with van der Waals surface area (Å²) in [6.45, 7) is 6.94. The van der Waals surface area contributed by atoms with Crippen molar-refractivity contribution in [3.8, 4) is 0 Å². The van der Waals surface area contributed by atoms with E-state index in [9.17, 15) is 5.11 Å². The summed E-state index contributed by atoms with van der Waals surface area (Å²) in [5.74, 6) is 1.29. The SMILES string of the molecule is CCNC(=NCC(O)c1cc(Cl)cc(Cl)c1)NCCCOCC1CCOCC1.I. The van der Waals surface area contributed by atoms with E-state index in [0.29, 0.717) is 34.1 Å². The monoisotopic (exact) mass is 559 g/mol. The van der Waals surface area contributed by atoms with E-state index in [0.717, 1.165) is 52.2 Å². The van der Waals surface area contributed by atoms with Crippen molar-refractivity contribution >= 4 is 53.1 Å². The maximum atomic E-state index is 10.3. The van der Waals surface area contributed by atoms with Gasteiger partial charge in [0, 0.05) is 49.6 Å². The van der Waals surface area contributed by atoms with Gasteiger partial charge in [-0.05, 0) is 55.9 Å². The average molecular weight is 560 g/mol. The summed E-state index contributed by atoms with van der Waals surface area (Å²) in [5.41, 5.74) is 0.651. The Morgan fingerprint density at radius 2 is 1.93 bits per heavy atom. The number of aliphatic hydroxyl groups is 1. The molecule has 0 amide bonds. The second-order valence-electron chi connectivity index (χ2n) is 6.85. The van der Waals surface area contributed by atoms with E-state index < -0.39 is 6.10 Å². The fourth-order valence-electron chi connectivity index (χ4n) is 2.94. The third kappa shape index (κ3) is 11.0. The van der Waals surface area contributed by atoms with Crippen LogP contribution >= 0.6 is 47.2 Å². The van der Waals surface area contributed by atoms with Crippen LogP contribution in [0.1, 0.15) is 37.9 Å². The zero-order valence-electron chi connectivity index (χ0n) is 16.8. The third-order valence-corrected chi connectivity index (χ3v) is 4.92. The van der Waals surface area contributed by atoms with E-state index in [1.54, 1.807) is 18.2 Å². The Kier molecular flexibility index (Phi) is 14.3. The summed E-state index contributed by atoms with van der Waals surface area (Å²) in [5, 5.41) is 17.8. The number of guanidine groups is 1. The van der Waals surface area contributed by atoms with Crippen molar-refractivity contribution in [2.24, 2.45) is 10.9 Å². The van der Waals surface area contributed by atoms with Gasteiger partial charge in [-0.3, -0.25) is 4.99 Å². The van der Waals surface area contributed by atoms with Gasteiger partial charge in [-0.1, -0.05) is 23.2 Å². The van der Waals surface area contributed by atoms with E-state index in [1.807, 2.05) is 6.92 Å². The van der Waals surface area contributed by atoms with Crippen LogP contribution in [-0.2, 0) is 9.47 Å². The van der Waals surface area contributed by atoms with Gasteiger partial charge in [0.05, 0.1) is 12.6 Å². The number of hydrogen-bond acceptors (Lipinski definition) is 4. The molecule has 0 saturated carbocycles. The number of hydrogen-bond donors (Lipinski definition) is 3. The Morgan fingerprint density at radius 3 is 2.59 bits per heavy atom. The van der Waals surface area contributed by atoms with Gasteiger partial charge in [0.2, 0.25) is 0 Å². The molecule has 0 aliphatic carbocycles. The Bertz CT molecular complexity index is 596. The molecule has 166 valence electrons. The van der Waals surface area contributed by atoms with Gasteiger partial charge in [0.25, 0.3) is 0 Å². The van der Waals surface area contributed by atoms with Gasteiger partial charge in [0.15, 0.2) is 5.96 Å². The second kappa shape index (κ2) is 15.5. The Labute approximate surface area is 200 Å². The first kappa shape index (κ1) is 26.7. The highest BCUT2D eigenvalue weighted by atomic mass is 127. The Hall–Kier alpha value is -0.320. The van der Waals surface area contributed by atoms with Gasteiger partial charge >= 0.3 is 0 Å². The predicted molar refractivity (Wildman–Crippen MR) is 130 cm³/mol. The van der Waals surface area contributed by atoms with Crippen LogP contribution in [0.5, 0.6) is 0 Å². The van der Waals surface area contributed by atoms with Crippen LogP contribution < -0.4 is 10.6 Å². The molecule has 6 nitrogen and oxygen atoms in total. The minimum absolute atomic E-state index is 0. The molecule has 1 heterocycles. The van der Waals surface area contributed by atoms with Gasteiger partial charge in [-0.15, -0.1) is 24.0 Å². The van der Waals surface area contributed by atoms with Crippen LogP contribution in [0.4, 0.5) is 0 Å². The molecule has 9 heteroatoms. The van der Waals surface area contributed by atoms with E-state index >= 15 is 0 Å². The average Bonchev–Trinajstić information content (AvgIpc) is 2.68. The molecule has 3 N–H and O–H groups in total. The summed E-state index contributed by atoms with van der Waals surface area (Å²) >= 11 is 12.0. The molecule has 1 aromatic rings. The van der Waals surface area contributed by atoms with Crippen LogP contribution in [0.25, 0.3) is 0 Å². The maximum Gasteiger partial charge on any atom is 0.191 e. The van der Waals surface area contributed by atoms with Crippen molar-refractivity contribution in [3.05, 3.63) is 33.8 Å². The smallest absolute Gasteiger partial charge is 0.191 e. The third-order valence-electron chi connectivity index (χ3n) is 4.49. The minimum atomic E-state index is -0.769. The predicted octanol–water partition coefficient (Wildman–Crippen LogP) is 4.03. The lowest BCUT2D eigenvalue weighted by atomic mass is 10.0. The molecule has 1 aliphatic rings. The number of ether oxygens (including phenoxy) is 2. The van der Waals surface area contributed by atoms with E-state index in [1.165, 1.54) is 0 Å². The lowest BCUT2D eigenvalue weighted by Gasteiger charge is -2.21. The van der Waals surface area contributed by atoms with E-state index in [4.69, 9.17) is 32.7 Å². The molecule has 1 atom stereocenters. The van der Waals surface area contributed by atoms with Crippen molar-refractivity contribution in [1.82, 2.24) is 10.6 Å². The lowest BCUT2D eigenvalue weighted by Crippen LogP contribution is -2.38. The summed E-state index contributed by atoms with van der Waals surface area (Å²) in [6, 6.07) is 5.03. The highest BCUT2D eigenvalue weighted by Crippen LogP contribution is 2.23. The van der Waals surface area contributed by atoms with Crippen molar-refractivity contribution in [3.63, 3.8) is 0 Å². The summed E-state index contributed by atoms with van der Waals surface area (Å²) < 4.78 is 11.1. The maximum absolute atomic E-state index is 10.3. The molecule has 29 heavy (non-hydrogen) atoms. The minimum Gasteiger partial charge on any atom is -0.386 e. The van der Waals surface area contributed by atoms with E-state index in [2.05, 4.69) is 15.6 Å². The molecule has 2 rings (SSSR count). The number of nitrogens with one attached hydrogen (secondary N) is 2. The quantitative estimate of drug-likeness (QED) is 0.175. The largest absolute Gasteiger partial charge is 0.386 e. The van der Waals surface area contributed by atoms with Crippen molar-refractivity contribution in [2.75, 3.05) is 46.1 Å². The number of benzene rings is 1. The number of rotatable bonds is 10. The molecule has 1 saturated heterocycles. The van der Waals surface area contributed by atoms with Crippen molar-refractivity contribution in [1.29, 1.82) is 0 Å². The second-order valence-corrected chi connectivity index (χ2v) is 7.72. The van der Waals surface area contributed by atoms with Gasteiger partial charge in [-0.25, -0.2) is 0 Å². The first-order chi connectivity index (χ1) is 13.6. The molecular formula is C20H32Cl2IN3O3. The standard InChI is InChI=1S/C20H31Cl2N3O3.HI/c1-2-23-20(24-6-3-7-28-14-15-4-8-27-9-5-15)25-13-19(26)16-10-17(21)12-18(22)11-16;/h10-12,15,19,26H,2-9,13-14H2,1H3,(H2,23,24,25);1H. The number of nitrogens with zero attached hydrogens (tertiary/aromatic N) is 1. The molecular weight excluding hydrogens is 528 g/mol. The number of halogens is 3. The highest BCUT2D eigenvalue weighted by molar-refractivity contribution is 14.0. The molecule has 0 aromatic heterocycles. The molecule has 0 bridgehead atoms. The van der Waals surface area contributed by atoms with Crippen LogP contribution in [0.15, 0.2) is 23.2 Å². The number of aliphatic hydroxyl groups excluding tert-OH is 1. The molecule has 1 unspecified atom stereocenters.